The molecule has 0 saturated heterocycles. The lowest BCUT2D eigenvalue weighted by molar-refractivity contribution is -0.00783. The minimum atomic E-state index is -2.67. The number of carbonyl (C=O) groups is 2. The van der Waals surface area contributed by atoms with Crippen LogP contribution in [0.15, 0.2) is 0 Å². The number of hydrogen-bond acceptors (Lipinski definition) is 7. The summed E-state index contributed by atoms with van der Waals surface area (Å²) in [6.45, 7) is 7.65. The minimum Gasteiger partial charge on any atom is -0.443 e. The Morgan fingerprint density at radius 1 is 1.30 bits per heavy atom. The summed E-state index contributed by atoms with van der Waals surface area (Å²) in [4.78, 5) is 29.2. The molecule has 0 aromatic carbocycles. The molecule has 8 nitrogen and oxygen atoms in total. The molecule has 0 bridgehead atoms. The number of carbonyl (C=O) groups excluding carboxylic acids is 2. The highest BCUT2D eigenvalue weighted by Crippen LogP contribution is 2.46. The highest BCUT2D eigenvalue weighted by Gasteiger charge is 2.48. The lowest BCUT2D eigenvalue weighted by Crippen LogP contribution is -2.56. The van der Waals surface area contributed by atoms with Crippen LogP contribution in [0.1, 0.15) is 73.7 Å². The first-order valence-electron chi connectivity index (χ1n) is 11.4. The van der Waals surface area contributed by atoms with Crippen LogP contribution < -0.4 is 15.8 Å². The van der Waals surface area contributed by atoms with Gasteiger partial charge in [0.05, 0.1) is 5.56 Å². The van der Waals surface area contributed by atoms with Gasteiger partial charge in [-0.2, -0.15) is 0 Å². The van der Waals surface area contributed by atoms with Gasteiger partial charge in [0.15, 0.2) is 0 Å². The van der Waals surface area contributed by atoms with Crippen molar-refractivity contribution >= 4 is 28.3 Å². The number of halogens is 2. The fourth-order valence-electron chi connectivity index (χ4n) is 4.52. The van der Waals surface area contributed by atoms with Crippen molar-refractivity contribution in [1.82, 2.24) is 15.8 Å². The van der Waals surface area contributed by atoms with Gasteiger partial charge < -0.3 is 14.7 Å². The number of fused-ring (bicyclic) bond motifs is 1. The fraction of sp³-hybridized carbons (Fsp3) is 0.727. The number of hydrogen-bond donors (Lipinski definition) is 3. The second kappa shape index (κ2) is 8.66. The summed E-state index contributed by atoms with van der Waals surface area (Å²) in [5, 5.41) is 11.7. The largest absolute Gasteiger partial charge is 0.443 e. The molecule has 2 amide bonds. The first kappa shape index (κ1) is 24.2. The molecule has 3 aliphatic rings. The molecule has 2 atom stereocenters. The van der Waals surface area contributed by atoms with Gasteiger partial charge in [-0.05, 0) is 58.4 Å². The zero-order valence-corrected chi connectivity index (χ0v) is 20.2. The average Bonchev–Trinajstić information content (AvgIpc) is 3.37. The molecule has 2 aliphatic carbocycles. The van der Waals surface area contributed by atoms with Crippen molar-refractivity contribution in [1.29, 1.82) is 0 Å². The number of thiophene rings is 1. The topological polar surface area (TPSA) is 94.1 Å². The Morgan fingerprint density at radius 3 is 2.58 bits per heavy atom. The van der Waals surface area contributed by atoms with Crippen molar-refractivity contribution in [2.45, 2.75) is 90.3 Å². The normalized spacial score (nSPS) is 24.8. The summed E-state index contributed by atoms with van der Waals surface area (Å²) in [6, 6.07) is -0.0251. The number of ether oxygens (including phenoxy) is 1. The first-order valence-corrected chi connectivity index (χ1v) is 12.2. The van der Waals surface area contributed by atoms with E-state index in [0.717, 1.165) is 23.3 Å². The highest BCUT2D eigenvalue weighted by atomic mass is 32.1. The van der Waals surface area contributed by atoms with Gasteiger partial charge in [-0.1, -0.05) is 0 Å². The minimum absolute atomic E-state index is 0.0251. The van der Waals surface area contributed by atoms with Crippen LogP contribution in [0.2, 0.25) is 0 Å². The predicted octanol–water partition coefficient (Wildman–Crippen LogP) is 3.72. The zero-order chi connectivity index (χ0) is 24.1. The highest BCUT2D eigenvalue weighted by molar-refractivity contribution is 7.16. The Bertz CT molecular complexity index is 928. The molecule has 2 fully saturated rings. The van der Waals surface area contributed by atoms with Crippen LogP contribution in [0.4, 0.5) is 18.6 Å². The summed E-state index contributed by atoms with van der Waals surface area (Å²) >= 11 is 1.34. The molecule has 4 rings (SSSR count). The summed E-state index contributed by atoms with van der Waals surface area (Å²) in [5.41, 5.74) is 5.95. The Balaban J connectivity index is 1.53. The van der Waals surface area contributed by atoms with E-state index in [2.05, 4.69) is 10.9 Å². The van der Waals surface area contributed by atoms with Crippen LogP contribution in [-0.4, -0.2) is 52.5 Å². The van der Waals surface area contributed by atoms with E-state index in [1.165, 1.54) is 16.2 Å². The summed E-state index contributed by atoms with van der Waals surface area (Å²) in [5.74, 6) is -3.16. The number of amides is 2. The molecule has 2 unspecified atom stereocenters. The quantitative estimate of drug-likeness (QED) is 0.531. The fourth-order valence-corrected chi connectivity index (χ4v) is 5.78. The Kier molecular flexibility index (Phi) is 6.34. The maximum atomic E-state index is 13.8. The molecule has 0 radical (unpaired) electrons. The van der Waals surface area contributed by atoms with Crippen molar-refractivity contribution in [3.63, 3.8) is 0 Å². The number of nitrogens with zero attached hydrogens (tertiary/aromatic N) is 2. The second-order valence-electron chi connectivity index (χ2n) is 10.2. The van der Waals surface area contributed by atoms with Crippen LogP contribution in [-0.2, 0) is 11.3 Å². The third kappa shape index (κ3) is 5.25. The first-order chi connectivity index (χ1) is 15.4. The van der Waals surface area contributed by atoms with Crippen LogP contribution in [0.5, 0.6) is 0 Å². The van der Waals surface area contributed by atoms with Crippen LogP contribution >= 0.6 is 11.3 Å². The van der Waals surface area contributed by atoms with E-state index in [4.69, 9.17) is 4.74 Å². The van der Waals surface area contributed by atoms with Gasteiger partial charge in [-0.3, -0.25) is 15.1 Å². The van der Waals surface area contributed by atoms with Gasteiger partial charge in [0.2, 0.25) is 12.3 Å². The van der Waals surface area contributed by atoms with Gasteiger partial charge in [-0.15, -0.1) is 11.3 Å². The smallest absolute Gasteiger partial charge is 0.422 e. The molecule has 184 valence electrons. The summed E-state index contributed by atoms with van der Waals surface area (Å²) in [6.07, 6.45) is -0.0878. The van der Waals surface area contributed by atoms with E-state index in [0.29, 0.717) is 17.0 Å². The van der Waals surface area contributed by atoms with E-state index in [1.807, 2.05) is 6.92 Å². The van der Waals surface area contributed by atoms with E-state index in [-0.39, 0.29) is 43.8 Å². The number of aliphatic hydroxyl groups is 1. The summed E-state index contributed by atoms with van der Waals surface area (Å²) < 4.78 is 32.8. The number of alkyl halides is 2. The lowest BCUT2D eigenvalue weighted by Gasteiger charge is -2.42. The molecule has 2 heterocycles. The van der Waals surface area contributed by atoms with Crippen molar-refractivity contribution in [2.75, 3.05) is 11.4 Å². The molecule has 2 saturated carbocycles. The van der Waals surface area contributed by atoms with Gasteiger partial charge in [0.25, 0.3) is 5.91 Å². The number of nitrogens with one attached hydrogen (secondary N) is 2. The second-order valence-corrected chi connectivity index (χ2v) is 11.3. The zero-order valence-electron chi connectivity index (χ0n) is 19.4. The molecular weight excluding hydrogens is 454 g/mol. The van der Waals surface area contributed by atoms with Gasteiger partial charge in [0.1, 0.15) is 10.6 Å². The number of hydrazine groups is 1. The molecule has 1 aromatic heterocycles. The van der Waals surface area contributed by atoms with Crippen molar-refractivity contribution in [3.8, 4) is 0 Å². The van der Waals surface area contributed by atoms with Crippen LogP contribution in [0, 0.1) is 12.8 Å². The molecule has 3 N–H and O–H groups in total. The summed E-state index contributed by atoms with van der Waals surface area (Å²) in [7, 11) is 0. The number of aliphatic hydroxyl groups excluding tert-OH is 1. The van der Waals surface area contributed by atoms with E-state index < -0.39 is 24.0 Å². The standard InChI is InChI=1S/C22H32F2N4O4S/c1-12-15(10-25-26-19(30)32-21(2,3)4)33-18-16(12)17(29)28(14-5-6-14)20(31)27(18)11-13-7-8-22(23,24)9-13/h13-14,20,25,31H,5-11H2,1-4H3,(H,26,30). The lowest BCUT2D eigenvalue weighted by atomic mass is 10.0. The van der Waals surface area contributed by atoms with Gasteiger partial charge in [-0.25, -0.2) is 19.0 Å². The third-order valence-corrected chi connectivity index (χ3v) is 7.53. The Labute approximate surface area is 196 Å². The van der Waals surface area contributed by atoms with E-state index in [9.17, 15) is 23.5 Å². The van der Waals surface area contributed by atoms with Crippen LogP contribution in [0.25, 0.3) is 0 Å². The van der Waals surface area contributed by atoms with Gasteiger partial charge in [0, 0.05) is 36.9 Å². The van der Waals surface area contributed by atoms with E-state index in [1.54, 1.807) is 25.7 Å². The molecule has 1 aliphatic heterocycles. The molecule has 1 aromatic rings. The number of rotatable bonds is 6. The molecule has 11 heteroatoms. The third-order valence-electron chi connectivity index (χ3n) is 6.20. The number of anilines is 1. The molecule has 0 spiro atoms. The molecular formula is C22H32F2N4O4S. The van der Waals surface area contributed by atoms with Crippen molar-refractivity contribution in [3.05, 3.63) is 16.0 Å². The van der Waals surface area contributed by atoms with Crippen LogP contribution in [0.3, 0.4) is 0 Å². The maximum Gasteiger partial charge on any atom is 0.422 e. The predicted molar refractivity (Wildman–Crippen MR) is 120 cm³/mol. The average molecular weight is 487 g/mol. The maximum absolute atomic E-state index is 13.8. The van der Waals surface area contributed by atoms with Gasteiger partial charge >= 0.3 is 6.09 Å². The molecule has 33 heavy (non-hydrogen) atoms. The monoisotopic (exact) mass is 486 g/mol. The van der Waals surface area contributed by atoms with Crippen molar-refractivity contribution < 1.29 is 28.2 Å². The van der Waals surface area contributed by atoms with E-state index >= 15 is 0 Å². The Hall–Kier alpha value is -1.98. The van der Waals surface area contributed by atoms with Crippen molar-refractivity contribution in [2.24, 2.45) is 5.92 Å². The SMILES string of the molecule is Cc1c(CNNC(=O)OC(C)(C)C)sc2c1C(=O)N(C1CC1)C(O)N2CC1CCC(F)(F)C1. The Morgan fingerprint density at radius 2 is 2.00 bits per heavy atom.